The summed E-state index contributed by atoms with van der Waals surface area (Å²) in [5, 5.41) is 4.45. The Labute approximate surface area is 261 Å². The Kier molecular flexibility index (Phi) is 5.09. The predicted molar refractivity (Wildman–Crippen MR) is 186 cm³/mol. The molecule has 210 valence electrons. The van der Waals surface area contributed by atoms with E-state index in [1.807, 2.05) is 18.2 Å². The molecule has 0 atom stereocenters. The van der Waals surface area contributed by atoms with Crippen molar-refractivity contribution >= 4 is 70.9 Å². The molecule has 0 unspecified atom stereocenters. The quantitative estimate of drug-likeness (QED) is 0.205. The molecule has 0 saturated heterocycles. The van der Waals surface area contributed by atoms with Crippen LogP contribution in [0.1, 0.15) is 0 Å². The van der Waals surface area contributed by atoms with Crippen molar-refractivity contribution in [3.8, 4) is 27.6 Å². The van der Waals surface area contributed by atoms with Crippen molar-refractivity contribution in [2.24, 2.45) is 0 Å². The lowest BCUT2D eigenvalue weighted by Crippen LogP contribution is -2.06. The SMILES string of the molecule is c1ccc2sc(-c3ccc(-c4ccc5c6ccccc6n(-c6nc7ccccc7c7nc8ccccc8n67)c5c4)cc3)nc2c1. The van der Waals surface area contributed by atoms with Gasteiger partial charge in [-0.3, -0.25) is 8.97 Å². The van der Waals surface area contributed by atoms with Crippen LogP contribution in [0, 0.1) is 0 Å². The number of para-hydroxylation sites is 5. The van der Waals surface area contributed by atoms with Gasteiger partial charge >= 0.3 is 0 Å². The molecule has 4 heterocycles. The Morgan fingerprint density at radius 1 is 0.444 bits per heavy atom. The molecule has 0 fully saturated rings. The van der Waals surface area contributed by atoms with Gasteiger partial charge in [0.1, 0.15) is 10.7 Å². The summed E-state index contributed by atoms with van der Waals surface area (Å²) >= 11 is 1.73. The average molecular weight is 594 g/mol. The summed E-state index contributed by atoms with van der Waals surface area (Å²) in [5.74, 6) is 0.826. The zero-order valence-electron chi connectivity index (χ0n) is 23.9. The highest BCUT2D eigenvalue weighted by Gasteiger charge is 2.20. The normalized spacial score (nSPS) is 12.0. The monoisotopic (exact) mass is 593 g/mol. The molecule has 0 amide bonds. The van der Waals surface area contributed by atoms with Gasteiger partial charge in [-0.25, -0.2) is 15.0 Å². The molecule has 10 rings (SSSR count). The molecule has 5 nitrogen and oxygen atoms in total. The van der Waals surface area contributed by atoms with Crippen LogP contribution in [0.4, 0.5) is 0 Å². The van der Waals surface area contributed by atoms with E-state index in [2.05, 4.69) is 130 Å². The predicted octanol–water partition coefficient (Wildman–Crippen LogP) is 10.1. The Morgan fingerprint density at radius 3 is 1.93 bits per heavy atom. The van der Waals surface area contributed by atoms with Crippen LogP contribution < -0.4 is 0 Å². The third kappa shape index (κ3) is 3.63. The fraction of sp³-hybridized carbons (Fsp3) is 0. The van der Waals surface area contributed by atoms with Crippen LogP contribution in [0.3, 0.4) is 0 Å². The van der Waals surface area contributed by atoms with Gasteiger partial charge in [0.15, 0.2) is 0 Å². The fourth-order valence-corrected chi connectivity index (χ4v) is 7.61. The molecular weight excluding hydrogens is 571 g/mol. The minimum Gasteiger partial charge on any atom is -0.279 e. The molecule has 0 radical (unpaired) electrons. The first-order valence-corrected chi connectivity index (χ1v) is 15.8. The molecule has 6 heteroatoms. The number of hydrogen-bond donors (Lipinski definition) is 0. The van der Waals surface area contributed by atoms with Gasteiger partial charge in [-0.15, -0.1) is 11.3 Å². The number of aromatic nitrogens is 5. The van der Waals surface area contributed by atoms with E-state index < -0.39 is 0 Å². The van der Waals surface area contributed by atoms with Crippen molar-refractivity contribution < 1.29 is 0 Å². The van der Waals surface area contributed by atoms with E-state index in [1.54, 1.807) is 11.3 Å². The third-order valence-electron chi connectivity index (χ3n) is 8.76. The van der Waals surface area contributed by atoms with Crippen LogP contribution in [0.2, 0.25) is 0 Å². The van der Waals surface area contributed by atoms with Crippen LogP contribution in [0.5, 0.6) is 0 Å². The molecule has 0 saturated carbocycles. The van der Waals surface area contributed by atoms with Crippen molar-refractivity contribution in [1.29, 1.82) is 0 Å². The lowest BCUT2D eigenvalue weighted by Gasteiger charge is -2.13. The lowest BCUT2D eigenvalue weighted by molar-refractivity contribution is 0.979. The Hall–Kier alpha value is -5.85. The molecule has 0 aliphatic carbocycles. The topological polar surface area (TPSA) is 48.0 Å². The molecule has 0 aliphatic heterocycles. The maximum absolute atomic E-state index is 5.31. The molecule has 10 aromatic rings. The van der Waals surface area contributed by atoms with Gasteiger partial charge in [0.2, 0.25) is 5.95 Å². The minimum atomic E-state index is 0.826. The van der Waals surface area contributed by atoms with E-state index in [0.717, 1.165) is 71.8 Å². The highest BCUT2D eigenvalue weighted by atomic mass is 32.1. The molecule has 0 bridgehead atoms. The Morgan fingerprint density at radius 2 is 1.09 bits per heavy atom. The summed E-state index contributed by atoms with van der Waals surface area (Å²) in [6, 6.07) is 49.0. The Bertz CT molecular complexity index is 2730. The van der Waals surface area contributed by atoms with Crippen LogP contribution in [-0.4, -0.2) is 23.9 Å². The van der Waals surface area contributed by atoms with Gasteiger partial charge < -0.3 is 0 Å². The number of thiazole rings is 1. The second-order valence-corrected chi connectivity index (χ2v) is 12.4. The van der Waals surface area contributed by atoms with E-state index in [1.165, 1.54) is 15.5 Å². The van der Waals surface area contributed by atoms with Crippen LogP contribution in [-0.2, 0) is 0 Å². The lowest BCUT2D eigenvalue weighted by atomic mass is 10.0. The molecule has 0 aliphatic rings. The standard InChI is InChI=1S/C39H23N5S/c1-3-11-30-29(10-1)37-40-31-12-4-7-15-34(31)44(37)39(42-30)43-33-14-6-2-9-27(33)28-22-21-26(23-35(28)43)24-17-19-25(20-18-24)38-41-32-13-5-8-16-36(32)45-38/h1-23H. The van der Waals surface area contributed by atoms with Crippen molar-refractivity contribution in [2.45, 2.75) is 0 Å². The largest absolute Gasteiger partial charge is 0.279 e. The first-order chi connectivity index (χ1) is 22.3. The third-order valence-corrected chi connectivity index (χ3v) is 9.84. The maximum Gasteiger partial charge on any atom is 0.221 e. The van der Waals surface area contributed by atoms with Gasteiger partial charge in [0.05, 0.1) is 37.8 Å². The Balaban J connectivity index is 1.21. The summed E-state index contributed by atoms with van der Waals surface area (Å²) in [6.45, 7) is 0. The molecule has 0 spiro atoms. The molecule has 4 aromatic heterocycles. The zero-order valence-corrected chi connectivity index (χ0v) is 24.7. The van der Waals surface area contributed by atoms with Crippen molar-refractivity contribution in [1.82, 2.24) is 23.9 Å². The number of rotatable bonds is 3. The summed E-state index contributed by atoms with van der Waals surface area (Å²) in [5.41, 5.74) is 10.5. The van der Waals surface area contributed by atoms with Crippen molar-refractivity contribution in [3.63, 3.8) is 0 Å². The second-order valence-electron chi connectivity index (χ2n) is 11.3. The van der Waals surface area contributed by atoms with Gasteiger partial charge in [0, 0.05) is 21.7 Å². The number of fused-ring (bicyclic) bond motifs is 9. The van der Waals surface area contributed by atoms with Crippen LogP contribution in [0.25, 0.3) is 87.3 Å². The fourth-order valence-electron chi connectivity index (χ4n) is 6.64. The van der Waals surface area contributed by atoms with Gasteiger partial charge in [0.25, 0.3) is 0 Å². The van der Waals surface area contributed by atoms with Gasteiger partial charge in [-0.1, -0.05) is 91.0 Å². The van der Waals surface area contributed by atoms with Crippen molar-refractivity contribution in [3.05, 3.63) is 140 Å². The van der Waals surface area contributed by atoms with Crippen molar-refractivity contribution in [2.75, 3.05) is 0 Å². The van der Waals surface area contributed by atoms with E-state index in [0.29, 0.717) is 0 Å². The molecular formula is C39H23N5S. The zero-order chi connectivity index (χ0) is 29.5. The van der Waals surface area contributed by atoms with E-state index in [9.17, 15) is 0 Å². The van der Waals surface area contributed by atoms with E-state index in [-0.39, 0.29) is 0 Å². The smallest absolute Gasteiger partial charge is 0.221 e. The summed E-state index contributed by atoms with van der Waals surface area (Å²) in [6.07, 6.45) is 0. The summed E-state index contributed by atoms with van der Waals surface area (Å²) in [7, 11) is 0. The second kappa shape index (κ2) is 9.32. The maximum atomic E-state index is 5.31. The molecule has 45 heavy (non-hydrogen) atoms. The van der Waals surface area contributed by atoms with Crippen LogP contribution >= 0.6 is 11.3 Å². The van der Waals surface area contributed by atoms with Crippen LogP contribution in [0.15, 0.2) is 140 Å². The van der Waals surface area contributed by atoms with E-state index in [4.69, 9.17) is 15.0 Å². The highest BCUT2D eigenvalue weighted by Crippen LogP contribution is 2.37. The number of benzene rings is 6. The average Bonchev–Trinajstić information content (AvgIpc) is 3.80. The first-order valence-electron chi connectivity index (χ1n) is 15.0. The van der Waals surface area contributed by atoms with Gasteiger partial charge in [-0.05, 0) is 59.7 Å². The van der Waals surface area contributed by atoms with Gasteiger partial charge in [-0.2, -0.15) is 0 Å². The van der Waals surface area contributed by atoms with E-state index >= 15 is 0 Å². The number of imidazole rings is 1. The number of nitrogens with zero attached hydrogens (tertiary/aromatic N) is 5. The summed E-state index contributed by atoms with van der Waals surface area (Å²) in [4.78, 5) is 15.3. The number of hydrogen-bond acceptors (Lipinski definition) is 4. The molecule has 0 N–H and O–H groups in total. The minimum absolute atomic E-state index is 0.826. The first kappa shape index (κ1) is 24.6. The highest BCUT2D eigenvalue weighted by molar-refractivity contribution is 7.21. The summed E-state index contributed by atoms with van der Waals surface area (Å²) < 4.78 is 5.72. The molecule has 6 aromatic carbocycles.